The van der Waals surface area contributed by atoms with Crippen molar-refractivity contribution in [2.45, 2.75) is 32.0 Å². The number of hydrogen-bond acceptors (Lipinski definition) is 3. The van der Waals surface area contributed by atoms with E-state index >= 15 is 0 Å². The van der Waals surface area contributed by atoms with Gasteiger partial charge in [0.25, 0.3) is 0 Å². The average molecular weight is 260 g/mol. The lowest BCUT2D eigenvalue weighted by Crippen LogP contribution is -2.43. The fraction of sp³-hybridized carbons (Fsp3) is 0.375. The second kappa shape index (κ2) is 5.59. The van der Waals surface area contributed by atoms with Crippen molar-refractivity contribution in [3.05, 3.63) is 60.1 Å². The largest absolute Gasteiger partial charge is 0.469 e. The van der Waals surface area contributed by atoms with Gasteiger partial charge in [-0.25, -0.2) is 0 Å². The molecule has 2 rings (SSSR count). The highest BCUT2D eigenvalue weighted by Gasteiger charge is 2.40. The second-order valence-electron chi connectivity index (χ2n) is 5.22. The summed E-state index contributed by atoms with van der Waals surface area (Å²) in [6, 6.07) is 12.8. The van der Waals surface area contributed by atoms with E-state index in [0.29, 0.717) is 11.3 Å². The monoisotopic (exact) mass is 260 g/mol. The van der Waals surface area contributed by atoms with Crippen LogP contribution in [0.1, 0.15) is 31.3 Å². The van der Waals surface area contributed by atoms with Gasteiger partial charge >= 0.3 is 0 Å². The van der Waals surface area contributed by atoms with Gasteiger partial charge in [-0.1, -0.05) is 44.2 Å². The molecule has 2 atom stereocenters. The minimum atomic E-state index is -1.25. The minimum Gasteiger partial charge on any atom is -0.469 e. The quantitative estimate of drug-likeness (QED) is 0.869. The van der Waals surface area contributed by atoms with Crippen molar-refractivity contribution in [1.82, 2.24) is 0 Å². The molecule has 0 radical (unpaired) electrons. The molecule has 2 N–H and O–H groups in total. The molecule has 0 spiro atoms. The topological polar surface area (TPSA) is 53.6 Å². The van der Waals surface area contributed by atoms with Gasteiger partial charge in [0, 0.05) is 6.42 Å². The molecule has 1 aromatic heterocycles. The minimum absolute atomic E-state index is 0.104. The lowest BCUT2D eigenvalue weighted by atomic mass is 9.78. The molecule has 102 valence electrons. The summed E-state index contributed by atoms with van der Waals surface area (Å²) in [5.74, 6) is 0.569. The maximum Gasteiger partial charge on any atom is 0.108 e. The third-order valence-corrected chi connectivity index (χ3v) is 3.63. The molecule has 1 heterocycles. The van der Waals surface area contributed by atoms with Crippen LogP contribution in [0.15, 0.2) is 53.1 Å². The van der Waals surface area contributed by atoms with Crippen molar-refractivity contribution in [1.29, 1.82) is 0 Å². The molecule has 0 fully saturated rings. The SMILES string of the molecule is CC(C)[C@@](O)(Cc1ccco1)[C@H](O)c1ccccc1. The van der Waals surface area contributed by atoms with Gasteiger partial charge in [0.15, 0.2) is 0 Å². The summed E-state index contributed by atoms with van der Waals surface area (Å²) in [5.41, 5.74) is -0.538. The van der Waals surface area contributed by atoms with Crippen LogP contribution < -0.4 is 0 Å². The number of aliphatic hydroxyl groups is 2. The number of benzene rings is 1. The van der Waals surface area contributed by atoms with E-state index in [-0.39, 0.29) is 12.3 Å². The van der Waals surface area contributed by atoms with Crippen LogP contribution in [0.3, 0.4) is 0 Å². The Balaban J connectivity index is 2.28. The Bertz CT molecular complexity index is 490. The first kappa shape index (κ1) is 13.8. The Kier molecular flexibility index (Phi) is 4.08. The number of furan rings is 1. The van der Waals surface area contributed by atoms with Crippen LogP contribution in [0.5, 0.6) is 0 Å². The summed E-state index contributed by atoms with van der Waals surface area (Å²) in [7, 11) is 0. The van der Waals surface area contributed by atoms with Gasteiger partial charge in [0.05, 0.1) is 6.26 Å². The first-order valence-corrected chi connectivity index (χ1v) is 6.52. The smallest absolute Gasteiger partial charge is 0.108 e. The standard InChI is InChI=1S/C16H20O3/c1-12(2)16(18,11-14-9-6-10-19-14)15(17)13-7-4-3-5-8-13/h3-10,12,15,17-18H,11H2,1-2H3/t15-,16+/m1/s1. The molecule has 0 unspecified atom stereocenters. The molecular weight excluding hydrogens is 240 g/mol. The van der Waals surface area contributed by atoms with E-state index in [2.05, 4.69) is 0 Å². The molecule has 0 aliphatic rings. The van der Waals surface area contributed by atoms with Gasteiger partial charge in [-0.15, -0.1) is 0 Å². The zero-order valence-corrected chi connectivity index (χ0v) is 11.3. The van der Waals surface area contributed by atoms with Crippen molar-refractivity contribution < 1.29 is 14.6 Å². The van der Waals surface area contributed by atoms with E-state index in [1.54, 1.807) is 12.3 Å². The maximum absolute atomic E-state index is 10.9. The Morgan fingerprint density at radius 2 is 1.79 bits per heavy atom. The van der Waals surface area contributed by atoms with Gasteiger partial charge in [-0.2, -0.15) is 0 Å². The molecule has 0 saturated carbocycles. The van der Waals surface area contributed by atoms with E-state index in [4.69, 9.17) is 4.42 Å². The van der Waals surface area contributed by atoms with Gasteiger partial charge < -0.3 is 14.6 Å². The summed E-state index contributed by atoms with van der Waals surface area (Å²) >= 11 is 0. The van der Waals surface area contributed by atoms with E-state index in [1.807, 2.05) is 50.2 Å². The molecule has 0 aliphatic carbocycles. The predicted molar refractivity (Wildman–Crippen MR) is 73.6 cm³/mol. The highest BCUT2D eigenvalue weighted by atomic mass is 16.4. The molecule has 0 aliphatic heterocycles. The van der Waals surface area contributed by atoms with Gasteiger partial charge in [0.2, 0.25) is 0 Å². The number of aliphatic hydroxyl groups excluding tert-OH is 1. The Hall–Kier alpha value is -1.58. The summed E-state index contributed by atoms with van der Waals surface area (Å²) in [4.78, 5) is 0. The van der Waals surface area contributed by atoms with Crippen LogP contribution in [0.2, 0.25) is 0 Å². The van der Waals surface area contributed by atoms with E-state index in [0.717, 1.165) is 0 Å². The molecule has 19 heavy (non-hydrogen) atoms. The van der Waals surface area contributed by atoms with Crippen LogP contribution in [-0.4, -0.2) is 15.8 Å². The lowest BCUT2D eigenvalue weighted by Gasteiger charge is -2.36. The Morgan fingerprint density at radius 1 is 1.11 bits per heavy atom. The third-order valence-electron chi connectivity index (χ3n) is 3.63. The summed E-state index contributed by atoms with van der Waals surface area (Å²) in [6.45, 7) is 3.80. The molecule has 0 saturated heterocycles. The maximum atomic E-state index is 10.9. The van der Waals surface area contributed by atoms with E-state index in [1.165, 1.54) is 0 Å². The highest BCUT2D eigenvalue weighted by Crippen LogP contribution is 2.35. The van der Waals surface area contributed by atoms with E-state index in [9.17, 15) is 10.2 Å². The molecule has 0 bridgehead atoms. The van der Waals surface area contributed by atoms with Crippen LogP contribution in [-0.2, 0) is 6.42 Å². The number of hydrogen-bond donors (Lipinski definition) is 2. The van der Waals surface area contributed by atoms with Gasteiger partial charge in [0.1, 0.15) is 17.5 Å². The third kappa shape index (κ3) is 2.88. The summed E-state index contributed by atoms with van der Waals surface area (Å²) in [6.07, 6.45) is 0.914. The van der Waals surface area contributed by atoms with Crippen molar-refractivity contribution in [3.63, 3.8) is 0 Å². The molecule has 2 aromatic rings. The van der Waals surface area contributed by atoms with Crippen LogP contribution in [0.4, 0.5) is 0 Å². The highest BCUT2D eigenvalue weighted by molar-refractivity contribution is 5.22. The van der Waals surface area contributed by atoms with E-state index < -0.39 is 11.7 Å². The first-order valence-electron chi connectivity index (χ1n) is 6.52. The predicted octanol–water partition coefficient (Wildman–Crippen LogP) is 2.94. The fourth-order valence-electron chi connectivity index (χ4n) is 2.23. The lowest BCUT2D eigenvalue weighted by molar-refractivity contribution is -0.110. The Labute approximate surface area is 113 Å². The zero-order chi connectivity index (χ0) is 13.9. The Morgan fingerprint density at radius 3 is 2.32 bits per heavy atom. The second-order valence-corrected chi connectivity index (χ2v) is 5.22. The van der Waals surface area contributed by atoms with Crippen LogP contribution in [0.25, 0.3) is 0 Å². The molecule has 3 nitrogen and oxygen atoms in total. The molecule has 1 aromatic carbocycles. The van der Waals surface area contributed by atoms with Crippen LogP contribution >= 0.6 is 0 Å². The summed E-state index contributed by atoms with van der Waals surface area (Å²) in [5, 5.41) is 21.4. The molecule has 0 amide bonds. The normalized spacial score (nSPS) is 16.3. The van der Waals surface area contributed by atoms with Crippen molar-refractivity contribution >= 4 is 0 Å². The average Bonchev–Trinajstić information content (AvgIpc) is 2.91. The first-order chi connectivity index (χ1) is 9.04. The zero-order valence-electron chi connectivity index (χ0n) is 11.3. The molecule has 3 heteroatoms. The van der Waals surface area contributed by atoms with Gasteiger partial charge in [-0.05, 0) is 23.6 Å². The van der Waals surface area contributed by atoms with Crippen molar-refractivity contribution in [2.75, 3.05) is 0 Å². The molecular formula is C16H20O3. The summed E-state index contributed by atoms with van der Waals surface area (Å²) < 4.78 is 5.29. The van der Waals surface area contributed by atoms with Crippen LogP contribution in [0, 0.1) is 5.92 Å². The van der Waals surface area contributed by atoms with Gasteiger partial charge in [-0.3, -0.25) is 0 Å². The van der Waals surface area contributed by atoms with Crippen molar-refractivity contribution in [2.24, 2.45) is 5.92 Å². The van der Waals surface area contributed by atoms with Crippen molar-refractivity contribution in [3.8, 4) is 0 Å². The number of rotatable bonds is 5. The fourth-order valence-corrected chi connectivity index (χ4v) is 2.23.